The van der Waals surface area contributed by atoms with Crippen molar-refractivity contribution >= 4 is 5.82 Å². The van der Waals surface area contributed by atoms with E-state index in [9.17, 15) is 0 Å². The van der Waals surface area contributed by atoms with E-state index in [1.54, 1.807) is 0 Å². The van der Waals surface area contributed by atoms with E-state index in [1.165, 1.54) is 0 Å². The minimum atomic E-state index is 0.428. The molecule has 0 bridgehead atoms. The summed E-state index contributed by atoms with van der Waals surface area (Å²) in [4.78, 5) is 6.50. The fourth-order valence-electron chi connectivity index (χ4n) is 2.00. The molecule has 2 N–H and O–H groups in total. The van der Waals surface area contributed by atoms with Crippen LogP contribution in [0.15, 0.2) is 24.5 Å². The second-order valence-electron chi connectivity index (χ2n) is 4.05. The Balaban J connectivity index is 1.81. The first kappa shape index (κ1) is 10.2. The average molecular weight is 230 g/mol. The van der Waals surface area contributed by atoms with Crippen LogP contribution in [0.4, 0.5) is 5.82 Å². The molecule has 17 heavy (non-hydrogen) atoms. The van der Waals surface area contributed by atoms with E-state index in [2.05, 4.69) is 24.6 Å². The zero-order valence-electron chi connectivity index (χ0n) is 9.45. The van der Waals surface area contributed by atoms with Gasteiger partial charge in [0.15, 0.2) is 5.82 Å². The van der Waals surface area contributed by atoms with Crippen LogP contribution < -0.4 is 10.6 Å². The Kier molecular flexibility index (Phi) is 2.49. The molecule has 0 saturated carbocycles. The van der Waals surface area contributed by atoms with Crippen LogP contribution in [-0.2, 0) is 19.6 Å². The molecule has 0 radical (unpaired) electrons. The predicted octanol–water partition coefficient (Wildman–Crippen LogP) is 0.152. The summed E-state index contributed by atoms with van der Waals surface area (Å²) in [6.45, 7) is 3.08. The van der Waals surface area contributed by atoms with Crippen molar-refractivity contribution in [2.75, 3.05) is 11.4 Å². The molecule has 88 valence electrons. The van der Waals surface area contributed by atoms with Crippen LogP contribution in [0.5, 0.6) is 0 Å². The quantitative estimate of drug-likeness (QED) is 0.795. The van der Waals surface area contributed by atoms with Gasteiger partial charge >= 0.3 is 0 Å². The lowest BCUT2D eigenvalue weighted by molar-refractivity contribution is 0.554. The number of hydrogen-bond donors (Lipinski definition) is 1. The van der Waals surface area contributed by atoms with E-state index in [1.807, 2.05) is 24.5 Å². The van der Waals surface area contributed by atoms with Crippen molar-refractivity contribution in [3.05, 3.63) is 36.0 Å². The first-order chi connectivity index (χ1) is 8.36. The van der Waals surface area contributed by atoms with Crippen molar-refractivity contribution in [1.82, 2.24) is 19.7 Å². The summed E-state index contributed by atoms with van der Waals surface area (Å²) in [6.07, 6.45) is 3.85. The Morgan fingerprint density at radius 1 is 1.24 bits per heavy atom. The fraction of sp³-hybridized carbons (Fsp3) is 0.364. The maximum absolute atomic E-state index is 5.50. The molecule has 6 heteroatoms. The van der Waals surface area contributed by atoms with Crippen LogP contribution >= 0.6 is 0 Å². The molecule has 2 aromatic heterocycles. The van der Waals surface area contributed by atoms with Gasteiger partial charge in [0.05, 0.1) is 12.2 Å². The highest BCUT2D eigenvalue weighted by Crippen LogP contribution is 2.17. The lowest BCUT2D eigenvalue weighted by Crippen LogP contribution is -2.34. The van der Waals surface area contributed by atoms with Crippen LogP contribution in [0, 0.1) is 0 Å². The predicted molar refractivity (Wildman–Crippen MR) is 63.2 cm³/mol. The maximum Gasteiger partial charge on any atom is 0.151 e. The Bertz CT molecular complexity index is 503. The summed E-state index contributed by atoms with van der Waals surface area (Å²) in [5, 5.41) is 8.26. The Hall–Kier alpha value is -1.95. The molecule has 0 aliphatic carbocycles. The topological polar surface area (TPSA) is 72.9 Å². The average Bonchev–Trinajstić information content (AvgIpc) is 2.86. The minimum absolute atomic E-state index is 0.428. The molecule has 1 aliphatic rings. The Morgan fingerprint density at radius 2 is 2.18 bits per heavy atom. The molecule has 0 atom stereocenters. The molecule has 3 heterocycles. The van der Waals surface area contributed by atoms with Gasteiger partial charge in [0.1, 0.15) is 5.82 Å². The fourth-order valence-corrected chi connectivity index (χ4v) is 2.00. The van der Waals surface area contributed by atoms with Gasteiger partial charge in [0.2, 0.25) is 0 Å². The Labute approximate surface area is 99.1 Å². The lowest BCUT2D eigenvalue weighted by Gasteiger charge is -2.28. The SMILES string of the molecule is NCc1ccc(N2CCn3ccnc3C2)nn1. The molecule has 0 spiro atoms. The second-order valence-corrected chi connectivity index (χ2v) is 4.05. The van der Waals surface area contributed by atoms with E-state index in [0.717, 1.165) is 37.0 Å². The number of hydrogen-bond acceptors (Lipinski definition) is 5. The molecular formula is C11H14N6. The number of nitrogens with zero attached hydrogens (tertiary/aromatic N) is 5. The molecular weight excluding hydrogens is 216 g/mol. The molecule has 0 amide bonds. The van der Waals surface area contributed by atoms with E-state index < -0.39 is 0 Å². The third-order valence-electron chi connectivity index (χ3n) is 2.98. The van der Waals surface area contributed by atoms with Crippen molar-refractivity contribution in [3.8, 4) is 0 Å². The molecule has 2 aromatic rings. The number of anilines is 1. The third kappa shape index (κ3) is 1.87. The number of imidazole rings is 1. The zero-order chi connectivity index (χ0) is 11.7. The standard InChI is InChI=1S/C11H14N6/c12-7-9-1-2-10(15-14-9)17-6-5-16-4-3-13-11(16)8-17/h1-4H,5-8,12H2. The van der Waals surface area contributed by atoms with Gasteiger partial charge in [-0.15, -0.1) is 5.10 Å². The van der Waals surface area contributed by atoms with E-state index in [-0.39, 0.29) is 0 Å². The monoisotopic (exact) mass is 230 g/mol. The Morgan fingerprint density at radius 3 is 2.94 bits per heavy atom. The van der Waals surface area contributed by atoms with Crippen LogP contribution in [0.2, 0.25) is 0 Å². The van der Waals surface area contributed by atoms with Gasteiger partial charge in [-0.3, -0.25) is 0 Å². The molecule has 0 saturated heterocycles. The summed E-state index contributed by atoms with van der Waals surface area (Å²) >= 11 is 0. The smallest absolute Gasteiger partial charge is 0.151 e. The number of aromatic nitrogens is 4. The van der Waals surface area contributed by atoms with E-state index in [4.69, 9.17) is 5.73 Å². The molecule has 3 rings (SSSR count). The maximum atomic E-state index is 5.50. The van der Waals surface area contributed by atoms with Crippen LogP contribution in [0.25, 0.3) is 0 Å². The van der Waals surface area contributed by atoms with Crippen molar-refractivity contribution in [2.24, 2.45) is 5.73 Å². The largest absolute Gasteiger partial charge is 0.346 e. The lowest BCUT2D eigenvalue weighted by atomic mass is 10.3. The van der Waals surface area contributed by atoms with Crippen molar-refractivity contribution in [1.29, 1.82) is 0 Å². The van der Waals surface area contributed by atoms with Crippen molar-refractivity contribution < 1.29 is 0 Å². The molecule has 0 aromatic carbocycles. The molecule has 1 aliphatic heterocycles. The molecule has 0 fully saturated rings. The summed E-state index contributed by atoms with van der Waals surface area (Å²) in [6, 6.07) is 3.89. The zero-order valence-corrected chi connectivity index (χ0v) is 9.45. The van der Waals surface area contributed by atoms with Crippen molar-refractivity contribution in [2.45, 2.75) is 19.6 Å². The number of nitrogens with two attached hydrogens (primary N) is 1. The van der Waals surface area contributed by atoms with Crippen molar-refractivity contribution in [3.63, 3.8) is 0 Å². The summed E-state index contributed by atoms with van der Waals surface area (Å²) in [5.41, 5.74) is 6.31. The van der Waals surface area contributed by atoms with Crippen LogP contribution in [0.3, 0.4) is 0 Å². The highest BCUT2D eigenvalue weighted by Gasteiger charge is 2.17. The highest BCUT2D eigenvalue weighted by molar-refractivity contribution is 5.38. The molecule has 0 unspecified atom stereocenters. The van der Waals surface area contributed by atoms with Gasteiger partial charge in [-0.05, 0) is 12.1 Å². The summed E-state index contributed by atoms with van der Waals surface area (Å²) in [5.74, 6) is 1.96. The van der Waals surface area contributed by atoms with Crippen LogP contribution in [0.1, 0.15) is 11.5 Å². The first-order valence-corrected chi connectivity index (χ1v) is 5.64. The third-order valence-corrected chi connectivity index (χ3v) is 2.98. The first-order valence-electron chi connectivity index (χ1n) is 5.64. The second kappa shape index (κ2) is 4.14. The van der Waals surface area contributed by atoms with Crippen LogP contribution in [-0.4, -0.2) is 26.3 Å². The van der Waals surface area contributed by atoms with Gasteiger partial charge in [-0.25, -0.2) is 4.98 Å². The van der Waals surface area contributed by atoms with Gasteiger partial charge < -0.3 is 15.2 Å². The van der Waals surface area contributed by atoms with E-state index in [0.29, 0.717) is 6.54 Å². The van der Waals surface area contributed by atoms with Gasteiger partial charge in [-0.2, -0.15) is 5.10 Å². The van der Waals surface area contributed by atoms with E-state index >= 15 is 0 Å². The summed E-state index contributed by atoms with van der Waals surface area (Å²) in [7, 11) is 0. The number of fused-ring (bicyclic) bond motifs is 1. The van der Waals surface area contributed by atoms with Gasteiger partial charge in [-0.1, -0.05) is 0 Å². The normalized spacial score (nSPS) is 14.8. The van der Waals surface area contributed by atoms with Gasteiger partial charge in [0, 0.05) is 32.0 Å². The molecule has 6 nitrogen and oxygen atoms in total. The summed E-state index contributed by atoms with van der Waals surface area (Å²) < 4.78 is 2.16. The minimum Gasteiger partial charge on any atom is -0.346 e. The van der Waals surface area contributed by atoms with Gasteiger partial charge in [0.25, 0.3) is 0 Å². The highest BCUT2D eigenvalue weighted by atomic mass is 15.3. The number of rotatable bonds is 2.